The van der Waals surface area contributed by atoms with Gasteiger partial charge in [-0.2, -0.15) is 4.98 Å². The second kappa shape index (κ2) is 2.83. The fourth-order valence-electron chi connectivity index (χ4n) is 0.766. The molecule has 0 atom stereocenters. The van der Waals surface area contributed by atoms with Gasteiger partial charge in [0.05, 0.1) is 0 Å². The molecule has 0 aliphatic carbocycles. The quantitative estimate of drug-likeness (QED) is 0.619. The summed E-state index contributed by atoms with van der Waals surface area (Å²) in [5.41, 5.74) is 5.57. The highest BCUT2D eigenvalue weighted by Crippen LogP contribution is 2.17. The molecule has 0 saturated heterocycles. The van der Waals surface area contributed by atoms with Crippen LogP contribution in [-0.2, 0) is 6.61 Å². The van der Waals surface area contributed by atoms with Gasteiger partial charge < -0.3 is 15.4 Å². The van der Waals surface area contributed by atoms with E-state index in [-0.39, 0.29) is 29.8 Å². The Morgan fingerprint density at radius 2 is 2.15 bits per heavy atom. The zero-order valence-electron chi connectivity index (χ0n) is 6.34. The van der Waals surface area contributed by atoms with Gasteiger partial charge in [-0.15, -0.1) is 0 Å². The van der Waals surface area contributed by atoms with Gasteiger partial charge in [-0.25, -0.2) is 4.63 Å². The van der Waals surface area contributed by atoms with E-state index in [9.17, 15) is 0 Å². The second-order valence-corrected chi connectivity index (χ2v) is 2.17. The predicted molar refractivity (Wildman–Crippen MR) is 37.9 cm³/mol. The highest BCUT2D eigenvalue weighted by atomic mass is 16.6. The van der Waals surface area contributed by atoms with Crippen molar-refractivity contribution in [2.75, 3.05) is 5.73 Å². The summed E-state index contributed by atoms with van der Waals surface area (Å²) in [4.78, 5) is 3.76. The maximum Gasteiger partial charge on any atom is 0.252 e. The molecule has 0 saturated carbocycles. The molecule has 0 aromatic carbocycles. The zero-order valence-corrected chi connectivity index (χ0v) is 6.34. The number of nitrogen functional groups attached to an aromatic ring is 1. The van der Waals surface area contributed by atoms with Gasteiger partial charge in [-0.05, 0) is 10.3 Å². The van der Waals surface area contributed by atoms with Crippen LogP contribution in [0.15, 0.2) is 9.15 Å². The number of hydrogen-bond donors (Lipinski definition) is 2. The van der Waals surface area contributed by atoms with E-state index >= 15 is 0 Å². The van der Waals surface area contributed by atoms with Crippen LogP contribution in [0.4, 0.5) is 5.82 Å². The van der Waals surface area contributed by atoms with Crippen molar-refractivity contribution in [1.82, 2.24) is 20.5 Å². The van der Waals surface area contributed by atoms with Crippen molar-refractivity contribution in [2.45, 2.75) is 6.61 Å². The molecule has 0 spiro atoms. The van der Waals surface area contributed by atoms with E-state index in [1.54, 1.807) is 0 Å². The van der Waals surface area contributed by atoms with Crippen LogP contribution >= 0.6 is 0 Å². The Kier molecular flexibility index (Phi) is 1.67. The Morgan fingerprint density at radius 1 is 1.31 bits per heavy atom. The number of rotatable bonds is 2. The molecule has 3 N–H and O–H groups in total. The summed E-state index contributed by atoms with van der Waals surface area (Å²) < 4.78 is 8.95. The van der Waals surface area contributed by atoms with E-state index in [4.69, 9.17) is 10.8 Å². The van der Waals surface area contributed by atoms with Gasteiger partial charge in [0.25, 0.3) is 5.89 Å². The monoisotopic (exact) mass is 183 g/mol. The van der Waals surface area contributed by atoms with Crippen LogP contribution in [0, 0.1) is 0 Å². The molecule has 0 unspecified atom stereocenters. The van der Waals surface area contributed by atoms with Crippen molar-refractivity contribution in [3.63, 3.8) is 0 Å². The van der Waals surface area contributed by atoms with Gasteiger partial charge in [-0.1, -0.05) is 5.16 Å². The SMILES string of the molecule is Nc1nonc1-c1noc(CO)n1. The Morgan fingerprint density at radius 3 is 2.69 bits per heavy atom. The molecule has 0 fully saturated rings. The van der Waals surface area contributed by atoms with E-state index in [2.05, 4.69) is 29.6 Å². The van der Waals surface area contributed by atoms with Gasteiger partial charge in [0.1, 0.15) is 6.61 Å². The average molecular weight is 183 g/mol. The number of aliphatic hydroxyl groups excluding tert-OH is 1. The Balaban J connectivity index is 2.41. The summed E-state index contributed by atoms with van der Waals surface area (Å²) in [7, 11) is 0. The van der Waals surface area contributed by atoms with E-state index < -0.39 is 0 Å². The van der Waals surface area contributed by atoms with E-state index in [0.29, 0.717) is 0 Å². The van der Waals surface area contributed by atoms with Crippen molar-refractivity contribution >= 4 is 5.82 Å². The molecule has 2 aromatic rings. The first-order valence-corrected chi connectivity index (χ1v) is 3.33. The fraction of sp³-hybridized carbons (Fsp3) is 0.200. The lowest BCUT2D eigenvalue weighted by molar-refractivity contribution is 0.222. The summed E-state index contributed by atoms with van der Waals surface area (Å²) in [6.07, 6.45) is 0. The maximum absolute atomic E-state index is 8.63. The lowest BCUT2D eigenvalue weighted by Crippen LogP contribution is -1.90. The number of hydrogen-bond acceptors (Lipinski definition) is 8. The standard InChI is InChI=1S/C5H5N5O3/c6-4-3(8-13-9-4)5-7-2(1-11)12-10-5/h11H,1H2,(H2,6,9). The van der Waals surface area contributed by atoms with Crippen LogP contribution < -0.4 is 5.73 Å². The van der Waals surface area contributed by atoms with E-state index in [1.165, 1.54) is 0 Å². The third-order valence-corrected chi connectivity index (χ3v) is 1.33. The Labute approximate surface area is 71.3 Å². The molecule has 8 heteroatoms. The smallest absolute Gasteiger partial charge is 0.252 e. The van der Waals surface area contributed by atoms with Crippen molar-refractivity contribution in [1.29, 1.82) is 0 Å². The normalized spacial score (nSPS) is 10.5. The molecule has 2 aromatic heterocycles. The molecule has 0 amide bonds. The number of aromatic nitrogens is 4. The van der Waals surface area contributed by atoms with Gasteiger partial charge in [-0.3, -0.25) is 0 Å². The van der Waals surface area contributed by atoms with Gasteiger partial charge in [0.2, 0.25) is 5.82 Å². The highest BCUT2D eigenvalue weighted by molar-refractivity contribution is 5.61. The largest absolute Gasteiger partial charge is 0.387 e. The third kappa shape index (κ3) is 1.22. The molecule has 13 heavy (non-hydrogen) atoms. The van der Waals surface area contributed by atoms with Crippen molar-refractivity contribution in [2.24, 2.45) is 0 Å². The number of aliphatic hydroxyl groups is 1. The zero-order chi connectivity index (χ0) is 9.26. The van der Waals surface area contributed by atoms with Crippen molar-refractivity contribution < 1.29 is 14.3 Å². The summed E-state index contributed by atoms with van der Waals surface area (Å²) in [5.74, 6) is 0.297. The van der Waals surface area contributed by atoms with E-state index in [1.807, 2.05) is 0 Å². The first kappa shape index (κ1) is 7.68. The fourth-order valence-corrected chi connectivity index (χ4v) is 0.766. The van der Waals surface area contributed by atoms with Crippen LogP contribution in [0.5, 0.6) is 0 Å². The lowest BCUT2D eigenvalue weighted by Gasteiger charge is -1.82. The molecule has 0 aliphatic heterocycles. The molecule has 68 valence electrons. The van der Waals surface area contributed by atoms with Crippen LogP contribution in [0.1, 0.15) is 5.89 Å². The number of nitrogens with zero attached hydrogens (tertiary/aromatic N) is 4. The van der Waals surface area contributed by atoms with Gasteiger partial charge in [0, 0.05) is 0 Å². The molecule has 0 bridgehead atoms. The summed E-state index contributed by atoms with van der Waals surface area (Å²) in [6.45, 7) is -0.335. The summed E-state index contributed by atoms with van der Waals surface area (Å²) >= 11 is 0. The van der Waals surface area contributed by atoms with Gasteiger partial charge in [0.15, 0.2) is 11.5 Å². The first-order chi connectivity index (χ1) is 6.31. The van der Waals surface area contributed by atoms with Crippen LogP contribution in [-0.4, -0.2) is 25.6 Å². The average Bonchev–Trinajstić information content (AvgIpc) is 2.71. The van der Waals surface area contributed by atoms with Crippen LogP contribution in [0.2, 0.25) is 0 Å². The molecule has 2 heterocycles. The molecular weight excluding hydrogens is 178 g/mol. The molecule has 0 radical (unpaired) electrons. The van der Waals surface area contributed by atoms with Crippen molar-refractivity contribution in [3.05, 3.63) is 5.89 Å². The van der Waals surface area contributed by atoms with Gasteiger partial charge >= 0.3 is 0 Å². The highest BCUT2D eigenvalue weighted by Gasteiger charge is 2.15. The molecule has 0 aliphatic rings. The topological polar surface area (TPSA) is 124 Å². The number of anilines is 1. The second-order valence-electron chi connectivity index (χ2n) is 2.17. The van der Waals surface area contributed by atoms with Crippen molar-refractivity contribution in [3.8, 4) is 11.5 Å². The molecule has 8 nitrogen and oxygen atoms in total. The number of nitrogens with two attached hydrogens (primary N) is 1. The maximum atomic E-state index is 8.63. The third-order valence-electron chi connectivity index (χ3n) is 1.33. The Bertz CT molecular complexity index is 408. The summed E-state index contributed by atoms with van der Waals surface area (Å²) in [5, 5.41) is 18.9. The Hall–Kier alpha value is -1.96. The minimum atomic E-state index is -0.335. The lowest BCUT2D eigenvalue weighted by atomic mass is 10.4. The predicted octanol–water partition coefficient (Wildman–Crippen LogP) is -0.806. The first-order valence-electron chi connectivity index (χ1n) is 3.33. The minimum Gasteiger partial charge on any atom is -0.387 e. The van der Waals surface area contributed by atoms with Crippen LogP contribution in [0.25, 0.3) is 11.5 Å². The molecular formula is C5H5N5O3. The molecule has 2 rings (SSSR count). The summed E-state index contributed by atoms with van der Waals surface area (Å²) in [6, 6.07) is 0. The minimum absolute atomic E-state index is 0.0743. The van der Waals surface area contributed by atoms with E-state index in [0.717, 1.165) is 0 Å². The van der Waals surface area contributed by atoms with Crippen LogP contribution in [0.3, 0.4) is 0 Å².